The van der Waals surface area contributed by atoms with Crippen molar-refractivity contribution in [3.8, 4) is 0 Å². The minimum Gasteiger partial charge on any atom is -0.370 e. The van der Waals surface area contributed by atoms with E-state index in [-0.39, 0.29) is 0 Å². The molecular formula is C20H27NS. The summed E-state index contributed by atoms with van der Waals surface area (Å²) in [7, 11) is 0. The maximum absolute atomic E-state index is 2.50. The highest BCUT2D eigenvalue weighted by atomic mass is 32.2. The van der Waals surface area contributed by atoms with E-state index in [2.05, 4.69) is 73.0 Å². The fourth-order valence-electron chi connectivity index (χ4n) is 3.31. The van der Waals surface area contributed by atoms with Crippen molar-refractivity contribution in [3.63, 3.8) is 0 Å². The number of benzene rings is 1. The van der Waals surface area contributed by atoms with E-state index in [4.69, 9.17) is 0 Å². The molecule has 2 heteroatoms. The van der Waals surface area contributed by atoms with Crippen LogP contribution in [0.4, 0.5) is 5.69 Å². The highest BCUT2D eigenvalue weighted by molar-refractivity contribution is 7.99. The van der Waals surface area contributed by atoms with E-state index in [0.717, 1.165) is 0 Å². The fraction of sp³-hybridized carbons (Fsp3) is 0.500. The summed E-state index contributed by atoms with van der Waals surface area (Å²) in [6, 6.07) is 9.05. The quantitative estimate of drug-likeness (QED) is 0.736. The first-order chi connectivity index (χ1) is 10.6. The van der Waals surface area contributed by atoms with Crippen molar-refractivity contribution in [2.45, 2.75) is 33.1 Å². The Morgan fingerprint density at radius 2 is 1.77 bits per heavy atom. The highest BCUT2D eigenvalue weighted by Gasteiger charge is 2.21. The monoisotopic (exact) mass is 313 g/mol. The van der Waals surface area contributed by atoms with Crippen LogP contribution in [-0.2, 0) is 0 Å². The second-order valence-electron chi connectivity index (χ2n) is 7.18. The van der Waals surface area contributed by atoms with Gasteiger partial charge >= 0.3 is 0 Å². The summed E-state index contributed by atoms with van der Waals surface area (Å²) in [5.41, 5.74) is 4.63. The lowest BCUT2D eigenvalue weighted by molar-refractivity contribution is 0.324. The normalized spacial score (nSPS) is 21.9. The van der Waals surface area contributed by atoms with Crippen LogP contribution in [-0.4, -0.2) is 24.6 Å². The fourth-order valence-corrected chi connectivity index (χ4v) is 4.21. The van der Waals surface area contributed by atoms with Gasteiger partial charge in [0.25, 0.3) is 0 Å². The molecule has 0 aromatic heterocycles. The zero-order valence-electron chi connectivity index (χ0n) is 13.8. The smallest absolute Gasteiger partial charge is 0.0367 e. The van der Waals surface area contributed by atoms with Gasteiger partial charge in [-0.2, -0.15) is 11.8 Å². The molecule has 22 heavy (non-hydrogen) atoms. The molecule has 0 unspecified atom stereocenters. The molecule has 0 spiro atoms. The molecule has 1 fully saturated rings. The standard InChI is InChI=1S/C20H27NS/c1-20(2)11-3-4-18(16-20)6-5-17-7-9-19(10-8-17)21-12-14-22-15-13-21/h4-10H,3,11-16H2,1-2H3. The molecular weight excluding hydrogens is 286 g/mol. The molecule has 1 nitrogen and oxygen atoms in total. The Labute approximate surface area is 139 Å². The second kappa shape index (κ2) is 6.95. The Morgan fingerprint density at radius 1 is 1.05 bits per heavy atom. The number of rotatable bonds is 3. The molecule has 0 atom stereocenters. The van der Waals surface area contributed by atoms with Gasteiger partial charge in [0, 0.05) is 30.3 Å². The molecule has 0 N–H and O–H groups in total. The van der Waals surface area contributed by atoms with Crippen LogP contribution < -0.4 is 4.90 Å². The molecule has 0 radical (unpaired) electrons. The van der Waals surface area contributed by atoms with Crippen molar-refractivity contribution in [1.82, 2.24) is 0 Å². The maximum atomic E-state index is 2.50. The molecule has 0 amide bonds. The summed E-state index contributed by atoms with van der Waals surface area (Å²) in [5.74, 6) is 2.51. The van der Waals surface area contributed by atoms with Crippen LogP contribution in [0.1, 0.15) is 38.7 Å². The topological polar surface area (TPSA) is 3.24 Å². The molecule has 2 aliphatic rings. The van der Waals surface area contributed by atoms with Crippen LogP contribution in [0.2, 0.25) is 0 Å². The second-order valence-corrected chi connectivity index (χ2v) is 8.41. The Hall–Kier alpha value is -1.15. The molecule has 1 saturated heterocycles. The lowest BCUT2D eigenvalue weighted by atomic mass is 9.77. The summed E-state index contributed by atoms with van der Waals surface area (Å²) in [6.07, 6.45) is 10.7. The summed E-state index contributed by atoms with van der Waals surface area (Å²) < 4.78 is 0. The van der Waals surface area contributed by atoms with E-state index >= 15 is 0 Å². The highest BCUT2D eigenvalue weighted by Crippen LogP contribution is 2.35. The molecule has 118 valence electrons. The minimum atomic E-state index is 0.463. The molecule has 1 aliphatic heterocycles. The van der Waals surface area contributed by atoms with Crippen LogP contribution in [0.3, 0.4) is 0 Å². The van der Waals surface area contributed by atoms with E-state index in [1.165, 1.54) is 60.7 Å². The van der Waals surface area contributed by atoms with Gasteiger partial charge in [0.05, 0.1) is 0 Å². The van der Waals surface area contributed by atoms with Gasteiger partial charge < -0.3 is 4.90 Å². The van der Waals surface area contributed by atoms with Crippen LogP contribution in [0.25, 0.3) is 6.08 Å². The van der Waals surface area contributed by atoms with Crippen LogP contribution in [0, 0.1) is 5.41 Å². The first kappa shape index (κ1) is 15.7. The van der Waals surface area contributed by atoms with Gasteiger partial charge in [-0.1, -0.05) is 49.8 Å². The third kappa shape index (κ3) is 4.19. The van der Waals surface area contributed by atoms with Gasteiger partial charge in [-0.05, 0) is 42.4 Å². The molecule has 1 heterocycles. The number of thioether (sulfide) groups is 1. The van der Waals surface area contributed by atoms with Crippen molar-refractivity contribution < 1.29 is 0 Å². The van der Waals surface area contributed by atoms with Gasteiger partial charge in [-0.15, -0.1) is 0 Å². The Kier molecular flexibility index (Phi) is 4.97. The summed E-state index contributed by atoms with van der Waals surface area (Å²) in [4.78, 5) is 2.50. The summed E-state index contributed by atoms with van der Waals surface area (Å²) >= 11 is 2.06. The lowest BCUT2D eigenvalue weighted by Gasteiger charge is -2.28. The average molecular weight is 314 g/mol. The first-order valence-corrected chi connectivity index (χ1v) is 9.58. The van der Waals surface area contributed by atoms with E-state index in [9.17, 15) is 0 Å². The SMILES string of the molecule is CC1(C)CCC=C(C=Cc2ccc(N3CCSCC3)cc2)C1. The minimum absolute atomic E-state index is 0.463. The van der Waals surface area contributed by atoms with Gasteiger partial charge in [0.15, 0.2) is 0 Å². The Morgan fingerprint density at radius 3 is 2.45 bits per heavy atom. The van der Waals surface area contributed by atoms with Gasteiger partial charge in [-0.3, -0.25) is 0 Å². The average Bonchev–Trinajstić information content (AvgIpc) is 2.53. The zero-order chi connectivity index (χ0) is 15.4. The predicted octanol–water partition coefficient (Wildman–Crippen LogP) is 5.39. The predicted molar refractivity (Wildman–Crippen MR) is 101 cm³/mol. The van der Waals surface area contributed by atoms with Crippen molar-refractivity contribution in [2.24, 2.45) is 5.41 Å². The lowest BCUT2D eigenvalue weighted by Crippen LogP contribution is -2.32. The molecule has 0 bridgehead atoms. The van der Waals surface area contributed by atoms with Gasteiger partial charge in [-0.25, -0.2) is 0 Å². The number of hydrogen-bond donors (Lipinski definition) is 0. The van der Waals surface area contributed by atoms with Crippen molar-refractivity contribution in [1.29, 1.82) is 0 Å². The van der Waals surface area contributed by atoms with Crippen molar-refractivity contribution in [3.05, 3.63) is 47.6 Å². The first-order valence-electron chi connectivity index (χ1n) is 8.42. The number of allylic oxidation sites excluding steroid dienone is 3. The third-order valence-electron chi connectivity index (χ3n) is 4.67. The molecule has 1 aromatic rings. The van der Waals surface area contributed by atoms with Gasteiger partial charge in [0.1, 0.15) is 0 Å². The summed E-state index contributed by atoms with van der Waals surface area (Å²) in [5, 5.41) is 0. The van der Waals surface area contributed by atoms with E-state index in [1.807, 2.05) is 0 Å². The van der Waals surface area contributed by atoms with E-state index in [1.54, 1.807) is 0 Å². The van der Waals surface area contributed by atoms with E-state index in [0.29, 0.717) is 5.41 Å². The van der Waals surface area contributed by atoms with E-state index < -0.39 is 0 Å². The summed E-state index contributed by atoms with van der Waals surface area (Å²) in [6.45, 7) is 7.11. The number of anilines is 1. The molecule has 0 saturated carbocycles. The van der Waals surface area contributed by atoms with Crippen LogP contribution >= 0.6 is 11.8 Å². The molecule has 1 aromatic carbocycles. The number of hydrogen-bond acceptors (Lipinski definition) is 2. The van der Waals surface area contributed by atoms with Crippen molar-refractivity contribution >= 4 is 23.5 Å². The largest absolute Gasteiger partial charge is 0.370 e. The zero-order valence-corrected chi connectivity index (χ0v) is 14.7. The number of nitrogens with zero attached hydrogens (tertiary/aromatic N) is 1. The Balaban J connectivity index is 1.63. The molecule has 1 aliphatic carbocycles. The van der Waals surface area contributed by atoms with Crippen molar-refractivity contribution in [2.75, 3.05) is 29.5 Å². The maximum Gasteiger partial charge on any atom is 0.0367 e. The van der Waals surface area contributed by atoms with Gasteiger partial charge in [0.2, 0.25) is 0 Å². The molecule has 3 rings (SSSR count). The third-order valence-corrected chi connectivity index (χ3v) is 5.61. The Bertz CT molecular complexity index is 548. The van der Waals surface area contributed by atoms with Crippen LogP contribution in [0.15, 0.2) is 42.0 Å². The van der Waals surface area contributed by atoms with Crippen LogP contribution in [0.5, 0.6) is 0 Å².